The van der Waals surface area contributed by atoms with Gasteiger partial charge >= 0.3 is 5.69 Å². The Kier molecular flexibility index (Phi) is 5.27. The third-order valence-corrected chi connectivity index (χ3v) is 3.53. The quantitative estimate of drug-likeness (QED) is 0.651. The van der Waals surface area contributed by atoms with Gasteiger partial charge in [0.25, 0.3) is 0 Å². The van der Waals surface area contributed by atoms with Crippen molar-refractivity contribution in [2.24, 2.45) is 5.84 Å². The molecule has 0 bridgehead atoms. The van der Waals surface area contributed by atoms with Crippen molar-refractivity contribution in [1.29, 1.82) is 0 Å². The van der Waals surface area contributed by atoms with Crippen molar-refractivity contribution in [3.8, 4) is 5.69 Å². The van der Waals surface area contributed by atoms with Crippen molar-refractivity contribution in [3.63, 3.8) is 0 Å². The van der Waals surface area contributed by atoms with Gasteiger partial charge in [-0.25, -0.2) is 15.2 Å². The number of anilines is 1. The molecule has 0 atom stereocenters. The van der Waals surface area contributed by atoms with Crippen LogP contribution >= 0.6 is 0 Å². The van der Waals surface area contributed by atoms with E-state index in [2.05, 4.69) is 16.9 Å². The zero-order valence-corrected chi connectivity index (χ0v) is 13.4. The largest absolute Gasteiger partial charge is 0.356 e. The van der Waals surface area contributed by atoms with Gasteiger partial charge in [0.1, 0.15) is 5.82 Å². The third-order valence-electron chi connectivity index (χ3n) is 3.53. The number of nitrogens with zero attached hydrogens (tertiary/aromatic N) is 4. The lowest BCUT2D eigenvalue weighted by Gasteiger charge is -2.18. The molecule has 1 aromatic carbocycles. The van der Waals surface area contributed by atoms with Crippen molar-refractivity contribution in [2.45, 2.75) is 40.0 Å². The highest BCUT2D eigenvalue weighted by molar-refractivity contribution is 5.42. The standard InChI is InChI=1S/C16H23N5O/c1-4-11-20(17)15-18-14(6-3)21(16(22)19-15)13-10-8-7-9-12(13)5-2/h7-10H,4-6,11,17H2,1-3H3. The van der Waals surface area contributed by atoms with E-state index in [-0.39, 0.29) is 11.6 Å². The molecular formula is C16H23N5O. The maximum absolute atomic E-state index is 12.5. The van der Waals surface area contributed by atoms with Gasteiger partial charge in [-0.05, 0) is 24.5 Å². The molecule has 22 heavy (non-hydrogen) atoms. The van der Waals surface area contributed by atoms with Crippen LogP contribution in [-0.4, -0.2) is 21.1 Å². The molecule has 0 aliphatic heterocycles. The summed E-state index contributed by atoms with van der Waals surface area (Å²) in [4.78, 5) is 21.1. The van der Waals surface area contributed by atoms with E-state index in [4.69, 9.17) is 5.84 Å². The molecule has 0 spiro atoms. The number of para-hydroxylation sites is 1. The van der Waals surface area contributed by atoms with Crippen LogP contribution in [0.1, 0.15) is 38.6 Å². The minimum absolute atomic E-state index is 0.286. The molecule has 0 saturated carbocycles. The first-order chi connectivity index (χ1) is 10.6. The monoisotopic (exact) mass is 301 g/mol. The molecule has 6 nitrogen and oxygen atoms in total. The number of hydrazine groups is 1. The Morgan fingerprint density at radius 3 is 2.50 bits per heavy atom. The molecule has 2 rings (SSSR count). The Morgan fingerprint density at radius 2 is 1.86 bits per heavy atom. The SMILES string of the molecule is CCCN(N)c1nc(CC)n(-c2ccccc2CC)c(=O)n1. The zero-order valence-electron chi connectivity index (χ0n) is 13.4. The van der Waals surface area contributed by atoms with E-state index in [9.17, 15) is 4.79 Å². The summed E-state index contributed by atoms with van der Waals surface area (Å²) in [5.41, 5.74) is 1.60. The summed E-state index contributed by atoms with van der Waals surface area (Å²) in [7, 11) is 0. The lowest BCUT2D eigenvalue weighted by molar-refractivity contribution is 0.711. The molecule has 6 heteroatoms. The first-order valence-electron chi connectivity index (χ1n) is 7.72. The van der Waals surface area contributed by atoms with Gasteiger partial charge in [-0.2, -0.15) is 9.97 Å². The highest BCUT2D eigenvalue weighted by Crippen LogP contribution is 2.16. The topological polar surface area (TPSA) is 77.0 Å². The van der Waals surface area contributed by atoms with E-state index in [1.54, 1.807) is 4.57 Å². The second-order valence-electron chi connectivity index (χ2n) is 5.09. The van der Waals surface area contributed by atoms with Crippen LogP contribution in [0, 0.1) is 0 Å². The van der Waals surface area contributed by atoms with Crippen molar-refractivity contribution in [1.82, 2.24) is 14.5 Å². The molecule has 0 aliphatic rings. The summed E-state index contributed by atoms with van der Waals surface area (Å²) in [6.45, 7) is 6.66. The maximum atomic E-state index is 12.5. The Balaban J connectivity index is 2.60. The molecule has 0 radical (unpaired) electrons. The van der Waals surface area contributed by atoms with Gasteiger partial charge in [-0.15, -0.1) is 0 Å². The number of aryl methyl sites for hydroxylation is 2. The van der Waals surface area contributed by atoms with Crippen LogP contribution in [0.15, 0.2) is 29.1 Å². The van der Waals surface area contributed by atoms with E-state index in [0.717, 1.165) is 24.1 Å². The number of benzene rings is 1. The molecule has 0 fully saturated rings. The van der Waals surface area contributed by atoms with Crippen LogP contribution in [0.5, 0.6) is 0 Å². The molecule has 0 unspecified atom stereocenters. The number of rotatable bonds is 6. The molecule has 0 aliphatic carbocycles. The van der Waals surface area contributed by atoms with E-state index in [1.165, 1.54) is 5.01 Å². The summed E-state index contributed by atoms with van der Waals surface area (Å²) in [5, 5.41) is 1.43. The van der Waals surface area contributed by atoms with Gasteiger partial charge in [0.05, 0.1) is 5.69 Å². The number of hydrogen-bond acceptors (Lipinski definition) is 5. The fourth-order valence-corrected chi connectivity index (χ4v) is 2.41. The van der Waals surface area contributed by atoms with Gasteiger partial charge in [0.2, 0.25) is 5.95 Å². The predicted molar refractivity (Wildman–Crippen MR) is 88.2 cm³/mol. The molecule has 1 heterocycles. The van der Waals surface area contributed by atoms with Gasteiger partial charge in [0, 0.05) is 13.0 Å². The Hall–Kier alpha value is -2.21. The fraction of sp³-hybridized carbons (Fsp3) is 0.438. The average molecular weight is 301 g/mol. The average Bonchev–Trinajstić information content (AvgIpc) is 2.54. The molecule has 2 N–H and O–H groups in total. The molecule has 0 saturated heterocycles. The predicted octanol–water partition coefficient (Wildman–Crippen LogP) is 1.84. The Labute approximate surface area is 130 Å². The van der Waals surface area contributed by atoms with Crippen LogP contribution in [0.3, 0.4) is 0 Å². The first-order valence-corrected chi connectivity index (χ1v) is 7.72. The van der Waals surface area contributed by atoms with E-state index in [1.807, 2.05) is 38.1 Å². The summed E-state index contributed by atoms with van der Waals surface area (Å²) >= 11 is 0. The zero-order chi connectivity index (χ0) is 16.1. The molecule has 0 amide bonds. The summed E-state index contributed by atoms with van der Waals surface area (Å²) in [5.74, 6) is 6.86. The highest BCUT2D eigenvalue weighted by atomic mass is 16.1. The van der Waals surface area contributed by atoms with Gasteiger partial charge in [0.15, 0.2) is 0 Å². The van der Waals surface area contributed by atoms with Crippen LogP contribution in [0.25, 0.3) is 5.69 Å². The molecule has 1 aromatic heterocycles. The van der Waals surface area contributed by atoms with Crippen molar-refractivity contribution < 1.29 is 0 Å². The highest BCUT2D eigenvalue weighted by Gasteiger charge is 2.15. The third kappa shape index (κ3) is 3.17. The smallest absolute Gasteiger partial charge is 0.279 e. The lowest BCUT2D eigenvalue weighted by Crippen LogP contribution is -2.37. The van der Waals surface area contributed by atoms with Crippen molar-refractivity contribution in [2.75, 3.05) is 11.6 Å². The molecule has 2 aromatic rings. The summed E-state index contributed by atoms with van der Waals surface area (Å²) in [6, 6.07) is 7.83. The van der Waals surface area contributed by atoms with E-state index in [0.29, 0.717) is 18.8 Å². The number of hydrogen-bond donors (Lipinski definition) is 1. The van der Waals surface area contributed by atoms with Gasteiger partial charge in [-0.3, -0.25) is 5.01 Å². The van der Waals surface area contributed by atoms with Crippen LogP contribution in [0.2, 0.25) is 0 Å². The molecule has 118 valence electrons. The van der Waals surface area contributed by atoms with Gasteiger partial charge in [-0.1, -0.05) is 39.0 Å². The number of aromatic nitrogens is 3. The van der Waals surface area contributed by atoms with Crippen molar-refractivity contribution in [3.05, 3.63) is 46.1 Å². The minimum atomic E-state index is -0.339. The van der Waals surface area contributed by atoms with Crippen LogP contribution in [-0.2, 0) is 12.8 Å². The van der Waals surface area contributed by atoms with Gasteiger partial charge < -0.3 is 0 Å². The van der Waals surface area contributed by atoms with Crippen molar-refractivity contribution >= 4 is 5.95 Å². The Morgan fingerprint density at radius 1 is 1.14 bits per heavy atom. The lowest BCUT2D eigenvalue weighted by atomic mass is 10.1. The second-order valence-corrected chi connectivity index (χ2v) is 5.09. The summed E-state index contributed by atoms with van der Waals surface area (Å²) < 4.78 is 1.59. The Bertz CT molecular complexity index is 695. The maximum Gasteiger partial charge on any atom is 0.356 e. The van der Waals surface area contributed by atoms with E-state index >= 15 is 0 Å². The van der Waals surface area contributed by atoms with Crippen LogP contribution in [0.4, 0.5) is 5.95 Å². The van der Waals surface area contributed by atoms with E-state index < -0.39 is 0 Å². The van der Waals surface area contributed by atoms with Crippen LogP contribution < -0.4 is 16.5 Å². The number of nitrogens with two attached hydrogens (primary N) is 1. The second kappa shape index (κ2) is 7.17. The fourth-order valence-electron chi connectivity index (χ4n) is 2.41. The first kappa shape index (κ1) is 16.2. The normalized spacial score (nSPS) is 10.7. The minimum Gasteiger partial charge on any atom is -0.279 e. The summed E-state index contributed by atoms with van der Waals surface area (Å²) in [6.07, 6.45) is 2.33. The molecular weight excluding hydrogens is 278 g/mol.